The zero-order valence-electron chi connectivity index (χ0n) is 35.2. The quantitative estimate of drug-likeness (QED) is 0.0236. The summed E-state index contributed by atoms with van der Waals surface area (Å²) in [6.45, 7) is 2.35. The maximum absolute atomic E-state index is 12.6. The van der Waals surface area contributed by atoms with E-state index in [1.54, 1.807) is 0 Å². The molecule has 0 saturated heterocycles. The number of esters is 2. The van der Waals surface area contributed by atoms with Gasteiger partial charge in [0.15, 0.2) is 6.10 Å². The van der Waals surface area contributed by atoms with Crippen molar-refractivity contribution >= 4 is 19.8 Å². The second-order valence-electron chi connectivity index (χ2n) is 15.1. The molecule has 0 aromatic rings. The Morgan fingerprint density at radius 3 is 1.45 bits per heavy atom. The molecule has 0 aliphatic heterocycles. The van der Waals surface area contributed by atoms with Gasteiger partial charge in [-0.15, -0.1) is 0 Å². The summed E-state index contributed by atoms with van der Waals surface area (Å²) in [4.78, 5) is 35.0. The van der Waals surface area contributed by atoms with E-state index in [2.05, 4.69) is 42.7 Å². The zero-order valence-corrected chi connectivity index (χ0v) is 36.0. The van der Waals surface area contributed by atoms with Gasteiger partial charge in [-0.05, 0) is 38.5 Å². The molecule has 0 amide bonds. The summed E-state index contributed by atoms with van der Waals surface area (Å²) in [6.07, 6.45) is 40.0. The lowest BCUT2D eigenvalue weighted by atomic mass is 10.0. The fraction of sp³-hybridized carbons (Fsp3) is 0.864. The SMILES string of the molecule is CCCC/C=C/C/C=C/CCCCCCCC(=O)O[C@@H](COC(=O)CCCCCCCCCCCCCCCCCCCC)COP(=O)(O)OC[C@H](O)CO. The highest BCUT2D eigenvalue weighted by Gasteiger charge is 2.27. The molecule has 3 N–H and O–H groups in total. The Labute approximate surface area is 336 Å². The van der Waals surface area contributed by atoms with Gasteiger partial charge in [-0.3, -0.25) is 18.6 Å². The summed E-state index contributed by atoms with van der Waals surface area (Å²) in [7, 11) is -4.62. The van der Waals surface area contributed by atoms with Crippen LogP contribution in [0.4, 0.5) is 0 Å². The molecule has 0 bridgehead atoms. The molecule has 0 aliphatic rings. The highest BCUT2D eigenvalue weighted by atomic mass is 31.2. The number of hydrogen-bond acceptors (Lipinski definition) is 9. The fourth-order valence-electron chi connectivity index (χ4n) is 6.13. The molecule has 0 spiro atoms. The lowest BCUT2D eigenvalue weighted by molar-refractivity contribution is -0.161. The van der Waals surface area contributed by atoms with E-state index in [-0.39, 0.29) is 19.4 Å². The summed E-state index contributed by atoms with van der Waals surface area (Å²) < 4.78 is 32.7. The topological polar surface area (TPSA) is 149 Å². The van der Waals surface area contributed by atoms with Crippen LogP contribution in [0.2, 0.25) is 0 Å². The minimum absolute atomic E-state index is 0.171. The third kappa shape index (κ3) is 40.4. The molecule has 0 radical (unpaired) electrons. The lowest BCUT2D eigenvalue weighted by Crippen LogP contribution is -2.29. The van der Waals surface area contributed by atoms with Gasteiger partial charge in [-0.2, -0.15) is 0 Å². The van der Waals surface area contributed by atoms with Gasteiger partial charge < -0.3 is 24.6 Å². The Kier molecular flexibility index (Phi) is 39.5. The van der Waals surface area contributed by atoms with Crippen molar-refractivity contribution < 1.29 is 47.8 Å². The highest BCUT2D eigenvalue weighted by molar-refractivity contribution is 7.47. The molecule has 0 aromatic carbocycles. The summed E-state index contributed by atoms with van der Waals surface area (Å²) in [5.74, 6) is -0.933. The number of carbonyl (C=O) groups excluding carboxylic acids is 2. The van der Waals surface area contributed by atoms with Gasteiger partial charge >= 0.3 is 19.8 Å². The van der Waals surface area contributed by atoms with Gasteiger partial charge in [-0.1, -0.05) is 179 Å². The summed E-state index contributed by atoms with van der Waals surface area (Å²) in [5, 5.41) is 18.3. The van der Waals surface area contributed by atoms with Crippen LogP contribution >= 0.6 is 7.82 Å². The first-order valence-electron chi connectivity index (χ1n) is 22.3. The maximum atomic E-state index is 12.6. The molecule has 0 heterocycles. The average molecular weight is 803 g/mol. The molecular formula is C44H83O10P. The zero-order chi connectivity index (χ0) is 40.5. The summed E-state index contributed by atoms with van der Waals surface area (Å²) in [5.41, 5.74) is 0. The Hall–Kier alpha value is -1.55. The average Bonchev–Trinajstić information content (AvgIpc) is 3.17. The second-order valence-corrected chi connectivity index (χ2v) is 16.5. The van der Waals surface area contributed by atoms with E-state index in [1.807, 2.05) is 0 Å². The standard InChI is InChI=1S/C44H83O10P/c1-3-5-7-9-11-13-15-17-19-20-21-22-24-25-27-29-31-33-35-43(47)51-39-42(40-53-55(49,50)52-38-41(46)37-45)54-44(48)36-34-32-30-28-26-23-18-16-14-12-10-8-6-4-2/h10,12,16,18,41-42,45-46H,3-9,11,13-15,17,19-40H2,1-2H3,(H,49,50)/b12-10+,18-16+/t41-,42+/m1/s1. The van der Waals surface area contributed by atoms with Crippen LogP contribution in [0.1, 0.15) is 206 Å². The van der Waals surface area contributed by atoms with Crippen LogP contribution in [-0.2, 0) is 32.7 Å². The molecule has 0 aliphatic carbocycles. The van der Waals surface area contributed by atoms with E-state index in [0.29, 0.717) is 12.8 Å². The second kappa shape index (κ2) is 40.6. The van der Waals surface area contributed by atoms with E-state index in [4.69, 9.17) is 19.1 Å². The number of hydrogen-bond donors (Lipinski definition) is 3. The number of aliphatic hydroxyl groups excluding tert-OH is 2. The van der Waals surface area contributed by atoms with Crippen LogP contribution in [-0.4, -0.2) is 65.7 Å². The van der Waals surface area contributed by atoms with Crippen LogP contribution in [0.15, 0.2) is 24.3 Å². The molecule has 3 atom stereocenters. The van der Waals surface area contributed by atoms with E-state index >= 15 is 0 Å². The van der Waals surface area contributed by atoms with Gasteiger partial charge in [0.1, 0.15) is 12.7 Å². The number of phosphoric ester groups is 1. The smallest absolute Gasteiger partial charge is 0.462 e. The fourth-order valence-corrected chi connectivity index (χ4v) is 6.92. The van der Waals surface area contributed by atoms with E-state index in [0.717, 1.165) is 64.2 Å². The van der Waals surface area contributed by atoms with Crippen molar-refractivity contribution in [1.29, 1.82) is 0 Å². The number of rotatable bonds is 42. The van der Waals surface area contributed by atoms with Crippen molar-refractivity contribution in [2.75, 3.05) is 26.4 Å². The maximum Gasteiger partial charge on any atom is 0.472 e. The van der Waals surface area contributed by atoms with Crippen molar-refractivity contribution in [3.05, 3.63) is 24.3 Å². The lowest BCUT2D eigenvalue weighted by Gasteiger charge is -2.20. The monoisotopic (exact) mass is 803 g/mol. The third-order valence-electron chi connectivity index (χ3n) is 9.61. The molecule has 11 heteroatoms. The minimum atomic E-state index is -4.62. The number of phosphoric acid groups is 1. The molecule has 55 heavy (non-hydrogen) atoms. The predicted octanol–water partition coefficient (Wildman–Crippen LogP) is 11.8. The molecule has 0 aromatic heterocycles. The van der Waals surface area contributed by atoms with Gasteiger partial charge in [0.25, 0.3) is 0 Å². The normalized spacial score (nSPS) is 14.1. The van der Waals surface area contributed by atoms with Gasteiger partial charge in [-0.25, -0.2) is 4.57 Å². The summed E-state index contributed by atoms with van der Waals surface area (Å²) >= 11 is 0. The predicted molar refractivity (Wildman–Crippen MR) is 224 cm³/mol. The van der Waals surface area contributed by atoms with Gasteiger partial charge in [0.2, 0.25) is 0 Å². The number of ether oxygens (including phenoxy) is 2. The Morgan fingerprint density at radius 1 is 0.545 bits per heavy atom. The first-order valence-corrected chi connectivity index (χ1v) is 23.8. The van der Waals surface area contributed by atoms with E-state index in [9.17, 15) is 24.2 Å². The van der Waals surface area contributed by atoms with E-state index in [1.165, 1.54) is 103 Å². The molecule has 0 saturated carbocycles. The number of unbranched alkanes of at least 4 members (excludes halogenated alkanes) is 24. The Morgan fingerprint density at radius 2 is 0.964 bits per heavy atom. The van der Waals surface area contributed by atoms with Crippen LogP contribution in [0.5, 0.6) is 0 Å². The third-order valence-corrected chi connectivity index (χ3v) is 10.6. The van der Waals surface area contributed by atoms with Gasteiger partial charge in [0.05, 0.1) is 19.8 Å². The molecular weight excluding hydrogens is 719 g/mol. The van der Waals surface area contributed by atoms with Crippen molar-refractivity contribution in [2.24, 2.45) is 0 Å². The van der Waals surface area contributed by atoms with E-state index < -0.39 is 51.8 Å². The first kappa shape index (κ1) is 53.5. The van der Waals surface area contributed by atoms with Crippen LogP contribution in [0.25, 0.3) is 0 Å². The molecule has 10 nitrogen and oxygen atoms in total. The van der Waals surface area contributed by atoms with Crippen LogP contribution in [0.3, 0.4) is 0 Å². The number of carbonyl (C=O) groups is 2. The Balaban J connectivity index is 4.25. The van der Waals surface area contributed by atoms with Gasteiger partial charge in [0, 0.05) is 12.8 Å². The van der Waals surface area contributed by atoms with Crippen molar-refractivity contribution in [2.45, 2.75) is 219 Å². The van der Waals surface area contributed by atoms with Crippen molar-refractivity contribution in [3.63, 3.8) is 0 Å². The summed E-state index contributed by atoms with van der Waals surface area (Å²) in [6, 6.07) is 0. The molecule has 0 fully saturated rings. The van der Waals surface area contributed by atoms with Crippen LogP contribution in [0, 0.1) is 0 Å². The Bertz CT molecular complexity index is 972. The largest absolute Gasteiger partial charge is 0.472 e. The first-order chi connectivity index (χ1) is 26.7. The molecule has 324 valence electrons. The van der Waals surface area contributed by atoms with Crippen LogP contribution < -0.4 is 0 Å². The van der Waals surface area contributed by atoms with Crippen molar-refractivity contribution in [1.82, 2.24) is 0 Å². The number of allylic oxidation sites excluding steroid dienone is 4. The van der Waals surface area contributed by atoms with Crippen molar-refractivity contribution in [3.8, 4) is 0 Å². The molecule has 0 rings (SSSR count). The highest BCUT2D eigenvalue weighted by Crippen LogP contribution is 2.43. The molecule has 1 unspecified atom stereocenters. The number of aliphatic hydroxyl groups is 2. The minimum Gasteiger partial charge on any atom is -0.462 e.